The lowest BCUT2D eigenvalue weighted by molar-refractivity contribution is 0.750. The summed E-state index contributed by atoms with van der Waals surface area (Å²) in [4.78, 5) is 4.37. The molecule has 2 atom stereocenters. The van der Waals surface area contributed by atoms with E-state index in [1.165, 1.54) is 11.3 Å². The van der Waals surface area contributed by atoms with E-state index in [0.29, 0.717) is 17.2 Å². The average molecular weight is 428 g/mol. The fourth-order valence-corrected chi connectivity index (χ4v) is 4.06. The molecule has 0 saturated carbocycles. The minimum atomic E-state index is 0.298. The van der Waals surface area contributed by atoms with Crippen LogP contribution in [0, 0.1) is 0 Å². The fraction of sp³-hybridized carbons (Fsp3) is 0.444. The summed E-state index contributed by atoms with van der Waals surface area (Å²) in [6, 6.07) is 8.37. The molecule has 0 bridgehead atoms. The summed E-state index contributed by atoms with van der Waals surface area (Å²) in [6.45, 7) is 3.75. The maximum Gasteiger partial charge on any atom is 0.207 e. The Hall–Kier alpha value is -3.12. The number of nitrogens with zero attached hydrogens (tertiary/aromatic N) is 8. The number of rotatable bonds is 4. The second kappa shape index (κ2) is 9.59. The van der Waals surface area contributed by atoms with E-state index in [9.17, 15) is 0 Å². The molecule has 0 amide bonds. The predicted molar refractivity (Wildman–Crippen MR) is 117 cm³/mol. The minimum Gasteiger partial charge on any atom is -0.374 e. The second-order valence-electron chi connectivity index (χ2n) is 7.18. The smallest absolute Gasteiger partial charge is 0.207 e. The van der Waals surface area contributed by atoms with Crippen LogP contribution in [-0.2, 0) is 0 Å². The Bertz CT molecular complexity index is 907. The molecule has 0 spiro atoms. The molecule has 5 heterocycles. The van der Waals surface area contributed by atoms with E-state index in [-0.39, 0.29) is 0 Å². The Morgan fingerprint density at radius 2 is 1.57 bits per heavy atom. The molecule has 11 nitrogen and oxygen atoms in total. The van der Waals surface area contributed by atoms with Gasteiger partial charge in [0.2, 0.25) is 10.3 Å². The van der Waals surface area contributed by atoms with E-state index < -0.39 is 0 Å². The summed E-state index contributed by atoms with van der Waals surface area (Å²) in [5.41, 5.74) is 11.3. The van der Waals surface area contributed by atoms with E-state index in [2.05, 4.69) is 45.7 Å². The van der Waals surface area contributed by atoms with Gasteiger partial charge in [0, 0.05) is 50.7 Å². The van der Waals surface area contributed by atoms with E-state index in [0.717, 1.165) is 55.8 Å². The van der Waals surface area contributed by atoms with Crippen LogP contribution in [0.15, 0.2) is 36.7 Å². The van der Waals surface area contributed by atoms with Gasteiger partial charge in [0.1, 0.15) is 0 Å². The van der Waals surface area contributed by atoms with Gasteiger partial charge >= 0.3 is 0 Å². The zero-order valence-corrected chi connectivity index (χ0v) is 17.3. The molecule has 2 aliphatic rings. The molecule has 2 saturated heterocycles. The molecule has 12 heteroatoms. The summed E-state index contributed by atoms with van der Waals surface area (Å²) in [5.74, 6) is 1.85. The summed E-state index contributed by atoms with van der Waals surface area (Å²) in [7, 11) is 0. The first-order chi connectivity index (χ1) is 14.7. The van der Waals surface area contributed by atoms with Gasteiger partial charge < -0.3 is 26.6 Å². The van der Waals surface area contributed by atoms with Crippen LogP contribution in [0.5, 0.6) is 0 Å². The van der Waals surface area contributed by atoms with Crippen molar-refractivity contribution in [3.63, 3.8) is 0 Å². The summed E-state index contributed by atoms with van der Waals surface area (Å²) in [5, 5.41) is 28.2. The Morgan fingerprint density at radius 3 is 2.10 bits per heavy atom. The number of aromatic nitrogens is 6. The van der Waals surface area contributed by atoms with E-state index in [1.807, 2.05) is 24.3 Å². The number of hydrogen-bond donors (Lipinski definition) is 3. The van der Waals surface area contributed by atoms with Gasteiger partial charge in [-0.05, 0) is 37.1 Å². The lowest BCUT2D eigenvalue weighted by Gasteiger charge is -2.16. The molecule has 5 rings (SSSR count). The summed E-state index contributed by atoms with van der Waals surface area (Å²) in [6.07, 6.45) is 5.45. The molecule has 0 aromatic carbocycles. The maximum atomic E-state index is 5.77. The van der Waals surface area contributed by atoms with Crippen LogP contribution in [-0.4, -0.2) is 68.9 Å². The third kappa shape index (κ3) is 5.27. The third-order valence-electron chi connectivity index (χ3n) is 4.95. The standard InChI is InChI=1S/C10H13N7S.C8H12N4/c11-9-15-16-10(18-9)13-7-3-5-17(6-7)8-2-1-4-12-14-8;9-7-3-5-12(6-7)8-2-1-4-10-11-8/h1-2,4,7H,3,5-6H2,(H2,11,15)(H,13,16);1-2,4,7H,3,5-6,9H2/t2*7-/m11/s1. The normalized spacial score (nSPS) is 20.7. The summed E-state index contributed by atoms with van der Waals surface area (Å²) < 4.78 is 0. The molecule has 2 aliphatic heterocycles. The van der Waals surface area contributed by atoms with Gasteiger partial charge in [0.15, 0.2) is 11.6 Å². The molecule has 3 aromatic rings. The largest absolute Gasteiger partial charge is 0.374 e. The first-order valence-corrected chi connectivity index (χ1v) is 10.7. The third-order valence-corrected chi connectivity index (χ3v) is 5.63. The number of nitrogens with one attached hydrogen (secondary N) is 1. The molecular weight excluding hydrogens is 402 g/mol. The molecule has 0 radical (unpaired) electrons. The van der Waals surface area contributed by atoms with E-state index in [1.54, 1.807) is 12.4 Å². The van der Waals surface area contributed by atoms with Crippen LogP contribution in [0.4, 0.5) is 21.9 Å². The van der Waals surface area contributed by atoms with Crippen molar-refractivity contribution in [3.05, 3.63) is 36.7 Å². The number of nitrogen functional groups attached to an aromatic ring is 1. The molecule has 158 valence electrons. The Balaban J connectivity index is 0.000000158. The van der Waals surface area contributed by atoms with Crippen molar-refractivity contribution in [1.82, 2.24) is 30.6 Å². The Kier molecular flexibility index (Phi) is 6.44. The molecule has 2 fully saturated rings. The Morgan fingerprint density at radius 1 is 0.900 bits per heavy atom. The van der Waals surface area contributed by atoms with Gasteiger partial charge in [-0.15, -0.1) is 20.4 Å². The van der Waals surface area contributed by atoms with Crippen LogP contribution < -0.4 is 26.6 Å². The van der Waals surface area contributed by atoms with Crippen LogP contribution in [0.1, 0.15) is 12.8 Å². The van der Waals surface area contributed by atoms with Crippen molar-refractivity contribution in [2.24, 2.45) is 5.73 Å². The lowest BCUT2D eigenvalue weighted by Crippen LogP contribution is -2.26. The highest BCUT2D eigenvalue weighted by Crippen LogP contribution is 2.22. The van der Waals surface area contributed by atoms with Crippen LogP contribution in [0.25, 0.3) is 0 Å². The quantitative estimate of drug-likeness (QED) is 0.538. The van der Waals surface area contributed by atoms with Crippen LogP contribution >= 0.6 is 11.3 Å². The molecule has 0 unspecified atom stereocenters. The van der Waals surface area contributed by atoms with Crippen LogP contribution in [0.3, 0.4) is 0 Å². The van der Waals surface area contributed by atoms with Gasteiger partial charge in [-0.1, -0.05) is 11.3 Å². The Labute approximate surface area is 178 Å². The van der Waals surface area contributed by atoms with Crippen molar-refractivity contribution in [2.75, 3.05) is 47.0 Å². The molecule has 0 aliphatic carbocycles. The van der Waals surface area contributed by atoms with Crippen molar-refractivity contribution in [2.45, 2.75) is 24.9 Å². The van der Waals surface area contributed by atoms with E-state index in [4.69, 9.17) is 11.5 Å². The number of anilines is 4. The monoisotopic (exact) mass is 427 g/mol. The van der Waals surface area contributed by atoms with Gasteiger partial charge in [-0.25, -0.2) is 0 Å². The van der Waals surface area contributed by atoms with E-state index >= 15 is 0 Å². The number of hydrogen-bond acceptors (Lipinski definition) is 12. The zero-order chi connectivity index (χ0) is 20.8. The topological polar surface area (TPSA) is 148 Å². The second-order valence-corrected chi connectivity index (χ2v) is 8.19. The molecular formula is C18H25N11S. The minimum absolute atomic E-state index is 0.298. The summed E-state index contributed by atoms with van der Waals surface area (Å²) >= 11 is 1.37. The van der Waals surface area contributed by atoms with Gasteiger partial charge in [0.25, 0.3) is 0 Å². The van der Waals surface area contributed by atoms with Gasteiger partial charge in [-0.2, -0.15) is 10.2 Å². The molecule has 3 aromatic heterocycles. The highest BCUT2D eigenvalue weighted by Gasteiger charge is 2.24. The zero-order valence-electron chi connectivity index (χ0n) is 16.5. The number of nitrogens with two attached hydrogens (primary N) is 2. The maximum absolute atomic E-state index is 5.77. The molecule has 30 heavy (non-hydrogen) atoms. The highest BCUT2D eigenvalue weighted by molar-refractivity contribution is 7.18. The first kappa shape index (κ1) is 20.2. The predicted octanol–water partition coefficient (Wildman–Crippen LogP) is 0.615. The highest BCUT2D eigenvalue weighted by atomic mass is 32.1. The SMILES string of the molecule is N[C@@H]1CCN(c2cccnn2)C1.Nc1nnc(N[C@@H]2CCN(c3cccnn3)C2)s1. The van der Waals surface area contributed by atoms with Gasteiger partial charge in [0.05, 0.1) is 0 Å². The van der Waals surface area contributed by atoms with Crippen molar-refractivity contribution >= 4 is 33.2 Å². The van der Waals surface area contributed by atoms with Crippen LogP contribution in [0.2, 0.25) is 0 Å². The van der Waals surface area contributed by atoms with Crippen molar-refractivity contribution < 1.29 is 0 Å². The van der Waals surface area contributed by atoms with Crippen molar-refractivity contribution in [3.8, 4) is 0 Å². The fourth-order valence-electron chi connectivity index (χ4n) is 3.47. The molecule has 5 N–H and O–H groups in total. The van der Waals surface area contributed by atoms with Crippen molar-refractivity contribution in [1.29, 1.82) is 0 Å². The van der Waals surface area contributed by atoms with Gasteiger partial charge in [-0.3, -0.25) is 0 Å². The average Bonchev–Trinajstić information content (AvgIpc) is 3.52. The lowest BCUT2D eigenvalue weighted by atomic mass is 10.3. The first-order valence-electron chi connectivity index (χ1n) is 9.84.